The number of hydrogen-bond donors (Lipinski definition) is 1. The van der Waals surface area contributed by atoms with Gasteiger partial charge in [0.05, 0.1) is 5.60 Å². The van der Waals surface area contributed by atoms with Crippen molar-refractivity contribution in [3.63, 3.8) is 0 Å². The number of amides is 1. The summed E-state index contributed by atoms with van der Waals surface area (Å²) in [6.07, 6.45) is 2.37. The number of carbonyl (C=O) groups excluding carboxylic acids is 1. The Balaban J connectivity index is 2.28. The molecule has 0 atom stereocenters. The van der Waals surface area contributed by atoms with Crippen LogP contribution in [0.3, 0.4) is 0 Å². The Morgan fingerprint density at radius 1 is 1.44 bits per heavy atom. The van der Waals surface area contributed by atoms with Gasteiger partial charge < -0.3 is 10.0 Å². The number of aryl methyl sites for hydroxylation is 2. The fraction of sp³-hybridized carbons (Fsp3) is 0.643. The number of carbonyl (C=O) groups is 1. The van der Waals surface area contributed by atoms with Gasteiger partial charge in [0.1, 0.15) is 0 Å². The molecule has 4 heteroatoms. The van der Waals surface area contributed by atoms with Crippen molar-refractivity contribution in [2.75, 3.05) is 13.6 Å². The molecule has 0 aliphatic rings. The monoisotopic (exact) mass is 269 g/mol. The molecular weight excluding hydrogens is 246 g/mol. The van der Waals surface area contributed by atoms with Crippen molar-refractivity contribution in [3.8, 4) is 0 Å². The molecule has 1 amide bonds. The average Bonchev–Trinajstić information content (AvgIpc) is 2.61. The van der Waals surface area contributed by atoms with Gasteiger partial charge in [-0.25, -0.2) is 0 Å². The zero-order chi connectivity index (χ0) is 13.8. The van der Waals surface area contributed by atoms with E-state index >= 15 is 0 Å². The second-order valence-corrected chi connectivity index (χ2v) is 6.80. The fourth-order valence-electron chi connectivity index (χ4n) is 1.89. The van der Waals surface area contributed by atoms with Crippen molar-refractivity contribution >= 4 is 17.2 Å². The Labute approximate surface area is 113 Å². The van der Waals surface area contributed by atoms with Crippen LogP contribution in [0.25, 0.3) is 0 Å². The second kappa shape index (κ2) is 6.34. The highest BCUT2D eigenvalue weighted by atomic mass is 32.1. The first-order valence-corrected chi connectivity index (χ1v) is 7.11. The molecule has 1 aromatic heterocycles. The first-order valence-electron chi connectivity index (χ1n) is 6.29. The van der Waals surface area contributed by atoms with E-state index in [0.717, 1.165) is 12.8 Å². The molecule has 0 spiro atoms. The minimum Gasteiger partial charge on any atom is -0.389 e. The van der Waals surface area contributed by atoms with Crippen molar-refractivity contribution in [2.24, 2.45) is 0 Å². The van der Waals surface area contributed by atoms with Crippen molar-refractivity contribution < 1.29 is 9.90 Å². The van der Waals surface area contributed by atoms with E-state index < -0.39 is 5.60 Å². The van der Waals surface area contributed by atoms with E-state index in [1.165, 1.54) is 9.75 Å². The van der Waals surface area contributed by atoms with Gasteiger partial charge in [-0.1, -0.05) is 0 Å². The summed E-state index contributed by atoms with van der Waals surface area (Å²) in [7, 11) is 1.75. The van der Waals surface area contributed by atoms with Crippen molar-refractivity contribution in [2.45, 2.75) is 45.6 Å². The normalized spacial score (nSPS) is 11.6. The molecule has 1 heterocycles. The summed E-state index contributed by atoms with van der Waals surface area (Å²) < 4.78 is 0. The highest BCUT2D eigenvalue weighted by Gasteiger charge is 2.18. The summed E-state index contributed by atoms with van der Waals surface area (Å²) in [5.74, 6) is 0.102. The van der Waals surface area contributed by atoms with E-state index in [1.807, 2.05) is 0 Å². The molecular formula is C14H23NO2S. The first kappa shape index (κ1) is 15.2. The van der Waals surface area contributed by atoms with Crippen LogP contribution in [0.2, 0.25) is 0 Å². The number of aliphatic hydroxyl groups is 1. The molecule has 0 bridgehead atoms. The predicted octanol–water partition coefficient (Wildman–Crippen LogP) is 2.61. The number of nitrogens with zero attached hydrogens (tertiary/aromatic N) is 1. The van der Waals surface area contributed by atoms with Gasteiger partial charge >= 0.3 is 0 Å². The third-order valence-electron chi connectivity index (χ3n) is 2.66. The van der Waals surface area contributed by atoms with Gasteiger partial charge in [0.2, 0.25) is 5.91 Å². The van der Waals surface area contributed by atoms with Crippen LogP contribution in [0.15, 0.2) is 12.1 Å². The van der Waals surface area contributed by atoms with Crippen LogP contribution < -0.4 is 0 Å². The molecule has 0 aliphatic heterocycles. The third kappa shape index (κ3) is 5.65. The molecule has 3 nitrogen and oxygen atoms in total. The largest absolute Gasteiger partial charge is 0.389 e. The number of thiophene rings is 1. The van der Waals surface area contributed by atoms with Crippen LogP contribution in [0.5, 0.6) is 0 Å². The molecule has 0 radical (unpaired) electrons. The molecule has 0 unspecified atom stereocenters. The second-order valence-electron chi connectivity index (χ2n) is 5.43. The topological polar surface area (TPSA) is 40.5 Å². The van der Waals surface area contributed by atoms with E-state index in [0.29, 0.717) is 13.0 Å². The van der Waals surface area contributed by atoms with Crippen molar-refractivity contribution in [1.82, 2.24) is 4.90 Å². The molecule has 0 fully saturated rings. The average molecular weight is 269 g/mol. The van der Waals surface area contributed by atoms with Crippen molar-refractivity contribution in [3.05, 3.63) is 21.9 Å². The van der Waals surface area contributed by atoms with Gasteiger partial charge in [-0.3, -0.25) is 4.79 Å². The zero-order valence-electron chi connectivity index (χ0n) is 11.7. The van der Waals surface area contributed by atoms with Crippen LogP contribution in [0, 0.1) is 6.92 Å². The van der Waals surface area contributed by atoms with Gasteiger partial charge in [-0.05, 0) is 45.7 Å². The fourth-order valence-corrected chi connectivity index (χ4v) is 2.82. The Bertz CT molecular complexity index is 393. The van der Waals surface area contributed by atoms with E-state index in [1.54, 1.807) is 37.1 Å². The summed E-state index contributed by atoms with van der Waals surface area (Å²) >= 11 is 1.79. The van der Waals surface area contributed by atoms with Crippen LogP contribution in [-0.2, 0) is 11.2 Å². The lowest BCUT2D eigenvalue weighted by Gasteiger charge is -2.25. The molecule has 0 aliphatic carbocycles. The minimum absolute atomic E-state index is 0.102. The van der Waals surface area contributed by atoms with Gasteiger partial charge in [-0.2, -0.15) is 0 Å². The maximum absolute atomic E-state index is 11.8. The van der Waals surface area contributed by atoms with Crippen LogP contribution in [-0.4, -0.2) is 35.1 Å². The molecule has 0 saturated heterocycles. The Morgan fingerprint density at radius 3 is 2.61 bits per heavy atom. The molecule has 1 aromatic rings. The maximum atomic E-state index is 11.8. The van der Waals surface area contributed by atoms with E-state index in [-0.39, 0.29) is 5.91 Å². The molecule has 18 heavy (non-hydrogen) atoms. The molecule has 1 N–H and O–H groups in total. The SMILES string of the molecule is Cc1ccc(CCCC(=O)N(C)CC(C)(C)O)s1. The number of hydrogen-bond acceptors (Lipinski definition) is 3. The summed E-state index contributed by atoms with van der Waals surface area (Å²) in [5.41, 5.74) is -0.824. The summed E-state index contributed by atoms with van der Waals surface area (Å²) in [4.78, 5) is 16.1. The molecule has 0 aromatic carbocycles. The van der Waals surface area contributed by atoms with E-state index in [9.17, 15) is 9.90 Å². The molecule has 102 valence electrons. The van der Waals surface area contributed by atoms with E-state index in [4.69, 9.17) is 0 Å². The minimum atomic E-state index is -0.824. The lowest BCUT2D eigenvalue weighted by molar-refractivity contribution is -0.132. The van der Waals surface area contributed by atoms with Gasteiger partial charge in [0.15, 0.2) is 0 Å². The smallest absolute Gasteiger partial charge is 0.222 e. The summed E-state index contributed by atoms with van der Waals surface area (Å²) in [6, 6.07) is 4.24. The highest BCUT2D eigenvalue weighted by Crippen LogP contribution is 2.17. The molecule has 1 rings (SSSR count). The zero-order valence-corrected chi connectivity index (χ0v) is 12.5. The van der Waals surface area contributed by atoms with Gasteiger partial charge in [0.25, 0.3) is 0 Å². The Morgan fingerprint density at radius 2 is 2.11 bits per heavy atom. The quantitative estimate of drug-likeness (QED) is 0.862. The number of likely N-dealkylation sites (N-methyl/N-ethyl adjacent to an activating group) is 1. The Hall–Kier alpha value is -0.870. The lowest BCUT2D eigenvalue weighted by Crippen LogP contribution is -2.39. The van der Waals surface area contributed by atoms with Gasteiger partial charge in [-0.15, -0.1) is 11.3 Å². The van der Waals surface area contributed by atoms with E-state index in [2.05, 4.69) is 19.1 Å². The summed E-state index contributed by atoms with van der Waals surface area (Å²) in [6.45, 7) is 5.90. The Kier molecular flexibility index (Phi) is 5.35. The maximum Gasteiger partial charge on any atom is 0.222 e. The van der Waals surface area contributed by atoms with Gasteiger partial charge in [0, 0.05) is 29.8 Å². The third-order valence-corrected chi connectivity index (χ3v) is 3.72. The summed E-state index contributed by atoms with van der Waals surface area (Å²) in [5, 5.41) is 9.65. The standard InChI is InChI=1S/C14H23NO2S/c1-11-8-9-12(18-11)6-5-7-13(16)15(4)10-14(2,3)17/h8-9,17H,5-7,10H2,1-4H3. The lowest BCUT2D eigenvalue weighted by atomic mass is 10.1. The van der Waals surface area contributed by atoms with Crippen LogP contribution in [0.1, 0.15) is 36.4 Å². The predicted molar refractivity (Wildman–Crippen MR) is 75.9 cm³/mol. The van der Waals surface area contributed by atoms with Crippen LogP contribution >= 0.6 is 11.3 Å². The highest BCUT2D eigenvalue weighted by molar-refractivity contribution is 7.11. The van der Waals surface area contributed by atoms with Crippen molar-refractivity contribution in [1.29, 1.82) is 0 Å². The van der Waals surface area contributed by atoms with Crippen LogP contribution in [0.4, 0.5) is 0 Å². The first-order chi connectivity index (χ1) is 8.28. The molecule has 0 saturated carbocycles. The number of rotatable bonds is 6.